The number of nitrogens with zero attached hydrogens (tertiary/aromatic N) is 2. The van der Waals surface area contributed by atoms with Crippen LogP contribution in [0, 0.1) is 0 Å². The zero-order valence-corrected chi connectivity index (χ0v) is 18.6. The molecule has 3 aromatic rings. The van der Waals surface area contributed by atoms with Gasteiger partial charge in [0, 0.05) is 49.2 Å². The van der Waals surface area contributed by atoms with E-state index in [1.54, 1.807) is 49.6 Å². The third-order valence-corrected chi connectivity index (χ3v) is 6.82. The van der Waals surface area contributed by atoms with Gasteiger partial charge in [0.2, 0.25) is 0 Å². The molecule has 0 aromatic heterocycles. The lowest BCUT2D eigenvalue weighted by Crippen LogP contribution is -2.48. The summed E-state index contributed by atoms with van der Waals surface area (Å²) in [5.74, 6) is 0.747. The van der Waals surface area contributed by atoms with Gasteiger partial charge in [-0.2, -0.15) is 0 Å². The Labute approximate surface area is 188 Å². The summed E-state index contributed by atoms with van der Waals surface area (Å²) in [7, 11) is -2.02. The van der Waals surface area contributed by atoms with Crippen LogP contribution in [-0.4, -0.2) is 52.5 Å². The highest BCUT2D eigenvalue weighted by Crippen LogP contribution is 2.23. The molecule has 1 fully saturated rings. The van der Waals surface area contributed by atoms with Crippen molar-refractivity contribution in [2.24, 2.45) is 0 Å². The number of carbonyl (C=O) groups is 1. The van der Waals surface area contributed by atoms with Crippen molar-refractivity contribution in [1.29, 1.82) is 0 Å². The molecule has 166 valence electrons. The molecule has 1 N–H and O–H groups in total. The van der Waals surface area contributed by atoms with Crippen LogP contribution in [0.5, 0.6) is 5.75 Å². The summed E-state index contributed by atoms with van der Waals surface area (Å²) in [4.78, 5) is 17.1. The third-order valence-electron chi connectivity index (χ3n) is 5.42. The van der Waals surface area contributed by atoms with Gasteiger partial charge in [-0.3, -0.25) is 9.52 Å². The second-order valence-corrected chi connectivity index (χ2v) is 9.16. The van der Waals surface area contributed by atoms with E-state index >= 15 is 0 Å². The van der Waals surface area contributed by atoms with Crippen molar-refractivity contribution in [2.75, 3.05) is 42.9 Å². The van der Waals surface area contributed by atoms with Crippen LogP contribution in [0.2, 0.25) is 0 Å². The number of hydrogen-bond donors (Lipinski definition) is 1. The van der Waals surface area contributed by atoms with Gasteiger partial charge in [-0.25, -0.2) is 8.42 Å². The van der Waals surface area contributed by atoms with Crippen LogP contribution in [0.4, 0.5) is 11.4 Å². The Hall–Kier alpha value is -3.52. The Morgan fingerprint density at radius 2 is 1.56 bits per heavy atom. The first kappa shape index (κ1) is 21.7. The summed E-state index contributed by atoms with van der Waals surface area (Å²) in [5.41, 5.74) is 2.02. The molecule has 8 heteroatoms. The van der Waals surface area contributed by atoms with E-state index in [-0.39, 0.29) is 10.8 Å². The van der Waals surface area contributed by atoms with Crippen LogP contribution in [-0.2, 0) is 10.0 Å². The van der Waals surface area contributed by atoms with Crippen LogP contribution < -0.4 is 14.4 Å². The number of carbonyl (C=O) groups excluding carboxylic acids is 1. The number of amides is 1. The van der Waals surface area contributed by atoms with E-state index < -0.39 is 10.0 Å². The largest absolute Gasteiger partial charge is 0.497 e. The van der Waals surface area contributed by atoms with Gasteiger partial charge in [-0.1, -0.05) is 24.3 Å². The van der Waals surface area contributed by atoms with Crippen molar-refractivity contribution < 1.29 is 17.9 Å². The fourth-order valence-corrected chi connectivity index (χ4v) is 4.73. The molecule has 3 aromatic carbocycles. The summed E-state index contributed by atoms with van der Waals surface area (Å²) in [6.45, 7) is 2.68. The molecule has 0 spiro atoms. The Kier molecular flexibility index (Phi) is 6.32. The van der Waals surface area contributed by atoms with Crippen molar-refractivity contribution in [3.8, 4) is 5.75 Å². The lowest BCUT2D eigenvalue weighted by Gasteiger charge is -2.36. The number of nitrogens with one attached hydrogen (secondary N) is 1. The first-order valence-corrected chi connectivity index (χ1v) is 11.8. The maximum absolute atomic E-state index is 12.9. The first-order valence-electron chi connectivity index (χ1n) is 10.3. The average molecular weight is 452 g/mol. The minimum absolute atomic E-state index is 0.0623. The van der Waals surface area contributed by atoms with Crippen LogP contribution in [0.1, 0.15) is 10.4 Å². The van der Waals surface area contributed by atoms with E-state index in [0.29, 0.717) is 24.3 Å². The van der Waals surface area contributed by atoms with Crippen molar-refractivity contribution in [1.82, 2.24) is 4.90 Å². The van der Waals surface area contributed by atoms with Crippen LogP contribution in [0.25, 0.3) is 0 Å². The number of anilines is 2. The van der Waals surface area contributed by atoms with Crippen LogP contribution >= 0.6 is 0 Å². The number of rotatable bonds is 6. The smallest absolute Gasteiger partial charge is 0.261 e. The lowest BCUT2D eigenvalue weighted by molar-refractivity contribution is 0.0747. The Bertz CT molecular complexity index is 1170. The van der Waals surface area contributed by atoms with Gasteiger partial charge < -0.3 is 14.5 Å². The number of benzene rings is 3. The highest BCUT2D eigenvalue weighted by Gasteiger charge is 2.23. The van der Waals surface area contributed by atoms with Gasteiger partial charge in [0.1, 0.15) is 5.75 Å². The molecule has 0 atom stereocenters. The number of ether oxygens (including phenoxy) is 1. The minimum Gasteiger partial charge on any atom is -0.497 e. The SMILES string of the molecule is COc1cccc(N2CCN(C(=O)c3ccc(NS(=O)(=O)c4ccccc4)cc3)CC2)c1. The quantitative estimate of drug-likeness (QED) is 0.621. The van der Waals surface area contributed by atoms with Crippen molar-refractivity contribution >= 4 is 27.3 Å². The molecular weight excluding hydrogens is 426 g/mol. The maximum atomic E-state index is 12.9. The summed E-state index contributed by atoms with van der Waals surface area (Å²) in [5, 5.41) is 0. The van der Waals surface area contributed by atoms with E-state index in [9.17, 15) is 13.2 Å². The Balaban J connectivity index is 1.37. The average Bonchev–Trinajstić information content (AvgIpc) is 2.84. The van der Waals surface area contributed by atoms with Crippen molar-refractivity contribution in [2.45, 2.75) is 4.90 Å². The second-order valence-electron chi connectivity index (χ2n) is 7.48. The molecule has 0 saturated carbocycles. The molecule has 0 aliphatic carbocycles. The normalized spacial score (nSPS) is 14.2. The van der Waals surface area contributed by atoms with Gasteiger partial charge in [0.05, 0.1) is 12.0 Å². The molecule has 1 aliphatic rings. The van der Waals surface area contributed by atoms with Gasteiger partial charge in [-0.15, -0.1) is 0 Å². The Morgan fingerprint density at radius 3 is 2.22 bits per heavy atom. The fraction of sp³-hybridized carbons (Fsp3) is 0.208. The summed E-state index contributed by atoms with van der Waals surface area (Å²) < 4.78 is 32.8. The standard InChI is InChI=1S/C24H25N3O4S/c1-31-22-7-5-6-21(18-22)26-14-16-27(17-15-26)24(28)19-10-12-20(13-11-19)25-32(29,30)23-8-3-2-4-9-23/h2-13,18,25H,14-17H2,1H3. The van der Waals surface area contributed by atoms with Gasteiger partial charge in [0.15, 0.2) is 0 Å². The van der Waals surface area contributed by atoms with Gasteiger partial charge in [0.25, 0.3) is 15.9 Å². The predicted octanol–water partition coefficient (Wildman–Crippen LogP) is 3.46. The Morgan fingerprint density at radius 1 is 0.875 bits per heavy atom. The summed E-state index contributed by atoms with van der Waals surface area (Å²) in [6.07, 6.45) is 0. The maximum Gasteiger partial charge on any atom is 0.261 e. The van der Waals surface area contributed by atoms with E-state index in [1.165, 1.54) is 12.1 Å². The van der Waals surface area contributed by atoms with Crippen LogP contribution in [0.3, 0.4) is 0 Å². The van der Waals surface area contributed by atoms with E-state index in [4.69, 9.17) is 4.74 Å². The number of sulfonamides is 1. The topological polar surface area (TPSA) is 79.0 Å². The number of piperazine rings is 1. The zero-order chi connectivity index (χ0) is 22.6. The third kappa shape index (κ3) is 4.86. The number of methoxy groups -OCH3 is 1. The van der Waals surface area contributed by atoms with Crippen molar-refractivity contribution in [3.63, 3.8) is 0 Å². The molecule has 7 nitrogen and oxygen atoms in total. The summed E-state index contributed by atoms with van der Waals surface area (Å²) >= 11 is 0. The van der Waals surface area contributed by atoms with E-state index in [1.807, 2.05) is 29.2 Å². The monoisotopic (exact) mass is 451 g/mol. The number of hydrogen-bond acceptors (Lipinski definition) is 5. The van der Waals surface area contributed by atoms with Gasteiger partial charge in [-0.05, 0) is 48.5 Å². The summed E-state index contributed by atoms with van der Waals surface area (Å²) in [6, 6.07) is 22.6. The van der Waals surface area contributed by atoms with E-state index in [2.05, 4.69) is 9.62 Å². The molecule has 4 rings (SSSR count). The highest BCUT2D eigenvalue weighted by molar-refractivity contribution is 7.92. The molecule has 1 aliphatic heterocycles. The van der Waals surface area contributed by atoms with Gasteiger partial charge >= 0.3 is 0 Å². The highest BCUT2D eigenvalue weighted by atomic mass is 32.2. The predicted molar refractivity (Wildman–Crippen MR) is 125 cm³/mol. The fourth-order valence-electron chi connectivity index (χ4n) is 3.65. The molecule has 1 heterocycles. The molecule has 0 radical (unpaired) electrons. The first-order chi connectivity index (χ1) is 15.5. The molecule has 1 saturated heterocycles. The van der Waals surface area contributed by atoms with E-state index in [0.717, 1.165) is 24.5 Å². The molecular formula is C24H25N3O4S. The molecule has 1 amide bonds. The lowest BCUT2D eigenvalue weighted by atomic mass is 10.1. The zero-order valence-electron chi connectivity index (χ0n) is 17.8. The minimum atomic E-state index is -3.66. The second kappa shape index (κ2) is 9.32. The molecule has 0 unspecified atom stereocenters. The molecule has 32 heavy (non-hydrogen) atoms. The van der Waals surface area contributed by atoms with Crippen LogP contribution in [0.15, 0.2) is 83.8 Å². The van der Waals surface area contributed by atoms with Crippen molar-refractivity contribution in [3.05, 3.63) is 84.4 Å². The molecule has 0 bridgehead atoms.